The molecule has 0 saturated carbocycles. The van der Waals surface area contributed by atoms with Crippen molar-refractivity contribution >= 4 is 5.91 Å². The summed E-state index contributed by atoms with van der Waals surface area (Å²) in [5.41, 5.74) is -0.434. The zero-order valence-electron chi connectivity index (χ0n) is 11.1. The highest BCUT2D eigenvalue weighted by Gasteiger charge is 2.30. The Kier molecular flexibility index (Phi) is 5.39. The quantitative estimate of drug-likeness (QED) is 0.795. The first-order valence-corrected chi connectivity index (χ1v) is 6.36. The highest BCUT2D eigenvalue weighted by Crippen LogP contribution is 2.29. The number of alkyl halides is 3. The fraction of sp³-hybridized carbons (Fsp3) is 0.500. The molecule has 1 amide bonds. The SMILES string of the molecule is CCCN(CCC)C(=O)c1ccc(C(F)(F)F)cc1. The van der Waals surface area contributed by atoms with E-state index in [2.05, 4.69) is 0 Å². The first-order valence-electron chi connectivity index (χ1n) is 6.36. The van der Waals surface area contributed by atoms with Gasteiger partial charge in [0.15, 0.2) is 0 Å². The van der Waals surface area contributed by atoms with E-state index in [1.807, 2.05) is 13.8 Å². The van der Waals surface area contributed by atoms with E-state index in [9.17, 15) is 18.0 Å². The van der Waals surface area contributed by atoms with Gasteiger partial charge in [0, 0.05) is 18.7 Å². The van der Waals surface area contributed by atoms with Gasteiger partial charge in [-0.25, -0.2) is 0 Å². The molecule has 0 saturated heterocycles. The minimum Gasteiger partial charge on any atom is -0.339 e. The molecule has 0 spiro atoms. The van der Waals surface area contributed by atoms with Crippen LogP contribution in [0, 0.1) is 0 Å². The Bertz CT molecular complexity index is 406. The summed E-state index contributed by atoms with van der Waals surface area (Å²) in [7, 11) is 0. The fourth-order valence-corrected chi connectivity index (χ4v) is 1.84. The maximum absolute atomic E-state index is 12.4. The highest BCUT2D eigenvalue weighted by molar-refractivity contribution is 5.94. The van der Waals surface area contributed by atoms with Crippen molar-refractivity contribution in [3.05, 3.63) is 35.4 Å². The fourth-order valence-electron chi connectivity index (χ4n) is 1.84. The van der Waals surface area contributed by atoms with Crippen LogP contribution in [0.2, 0.25) is 0 Å². The summed E-state index contributed by atoms with van der Waals surface area (Å²) >= 11 is 0. The van der Waals surface area contributed by atoms with E-state index < -0.39 is 11.7 Å². The molecular formula is C14H18F3NO. The Labute approximate surface area is 111 Å². The number of carbonyl (C=O) groups is 1. The molecular weight excluding hydrogens is 255 g/mol. The lowest BCUT2D eigenvalue weighted by atomic mass is 10.1. The second-order valence-corrected chi connectivity index (χ2v) is 4.37. The summed E-state index contributed by atoms with van der Waals surface area (Å²) in [6, 6.07) is 4.37. The highest BCUT2D eigenvalue weighted by atomic mass is 19.4. The summed E-state index contributed by atoms with van der Waals surface area (Å²) in [5, 5.41) is 0. The maximum Gasteiger partial charge on any atom is 0.416 e. The van der Waals surface area contributed by atoms with Gasteiger partial charge in [-0.3, -0.25) is 4.79 Å². The van der Waals surface area contributed by atoms with Gasteiger partial charge in [0.05, 0.1) is 5.56 Å². The second-order valence-electron chi connectivity index (χ2n) is 4.37. The van der Waals surface area contributed by atoms with E-state index in [1.54, 1.807) is 4.90 Å². The van der Waals surface area contributed by atoms with Crippen molar-refractivity contribution in [2.75, 3.05) is 13.1 Å². The Morgan fingerprint density at radius 1 is 1.05 bits per heavy atom. The molecule has 1 rings (SSSR count). The molecule has 5 heteroatoms. The lowest BCUT2D eigenvalue weighted by Gasteiger charge is -2.21. The van der Waals surface area contributed by atoms with Gasteiger partial charge in [-0.2, -0.15) is 13.2 Å². The molecule has 0 radical (unpaired) electrons. The number of nitrogens with zero attached hydrogens (tertiary/aromatic N) is 1. The topological polar surface area (TPSA) is 20.3 Å². The number of halogens is 3. The van der Waals surface area contributed by atoms with Crippen molar-refractivity contribution in [2.24, 2.45) is 0 Å². The summed E-state index contributed by atoms with van der Waals surface area (Å²) in [5.74, 6) is -0.211. The van der Waals surface area contributed by atoms with E-state index >= 15 is 0 Å². The van der Waals surface area contributed by atoms with Crippen LogP contribution in [0.1, 0.15) is 42.6 Å². The molecule has 1 aromatic rings. The molecule has 0 atom stereocenters. The Morgan fingerprint density at radius 2 is 1.53 bits per heavy atom. The molecule has 0 unspecified atom stereocenters. The first kappa shape index (κ1) is 15.5. The van der Waals surface area contributed by atoms with E-state index in [-0.39, 0.29) is 5.91 Å². The molecule has 0 aliphatic carbocycles. The van der Waals surface area contributed by atoms with Crippen molar-refractivity contribution in [1.29, 1.82) is 0 Å². The third kappa shape index (κ3) is 4.26. The molecule has 0 aliphatic rings. The van der Waals surface area contributed by atoms with Gasteiger partial charge in [0.25, 0.3) is 5.91 Å². The van der Waals surface area contributed by atoms with Gasteiger partial charge in [-0.1, -0.05) is 13.8 Å². The first-order chi connectivity index (χ1) is 8.90. The molecule has 0 heterocycles. The molecule has 19 heavy (non-hydrogen) atoms. The molecule has 1 aromatic carbocycles. The Balaban J connectivity index is 2.87. The largest absolute Gasteiger partial charge is 0.416 e. The van der Waals surface area contributed by atoms with Gasteiger partial charge in [-0.15, -0.1) is 0 Å². The molecule has 0 N–H and O–H groups in total. The normalized spacial score (nSPS) is 11.4. The molecule has 0 aliphatic heterocycles. The average molecular weight is 273 g/mol. The molecule has 0 aromatic heterocycles. The van der Waals surface area contributed by atoms with Crippen molar-refractivity contribution in [3.63, 3.8) is 0 Å². The standard InChI is InChI=1S/C14H18F3NO/c1-3-9-18(10-4-2)13(19)11-5-7-12(8-6-11)14(15,16)17/h5-8H,3-4,9-10H2,1-2H3. The van der Waals surface area contributed by atoms with Crippen molar-refractivity contribution in [1.82, 2.24) is 4.90 Å². The summed E-state index contributed by atoms with van der Waals surface area (Å²) in [4.78, 5) is 13.8. The monoisotopic (exact) mass is 273 g/mol. The number of hydrogen-bond acceptors (Lipinski definition) is 1. The zero-order chi connectivity index (χ0) is 14.5. The van der Waals surface area contributed by atoms with Crippen LogP contribution in [0.3, 0.4) is 0 Å². The number of rotatable bonds is 5. The van der Waals surface area contributed by atoms with Gasteiger partial charge >= 0.3 is 6.18 Å². The zero-order valence-corrected chi connectivity index (χ0v) is 11.1. The van der Waals surface area contributed by atoms with Crippen LogP contribution in [0.4, 0.5) is 13.2 Å². The van der Waals surface area contributed by atoms with Crippen LogP contribution < -0.4 is 0 Å². The third-order valence-corrected chi connectivity index (χ3v) is 2.73. The van der Waals surface area contributed by atoms with Gasteiger partial charge < -0.3 is 4.90 Å². The van der Waals surface area contributed by atoms with Crippen molar-refractivity contribution in [3.8, 4) is 0 Å². The predicted octanol–water partition coefficient (Wildman–Crippen LogP) is 3.97. The van der Waals surface area contributed by atoms with Crippen molar-refractivity contribution in [2.45, 2.75) is 32.9 Å². The second kappa shape index (κ2) is 6.59. The number of hydrogen-bond donors (Lipinski definition) is 0. The van der Waals surface area contributed by atoms with E-state index in [4.69, 9.17) is 0 Å². The molecule has 0 bridgehead atoms. The minimum atomic E-state index is -4.37. The van der Waals surface area contributed by atoms with Gasteiger partial charge in [0.2, 0.25) is 0 Å². The summed E-state index contributed by atoms with van der Waals surface area (Å²) < 4.78 is 37.3. The minimum absolute atomic E-state index is 0.211. The van der Waals surface area contributed by atoms with Crippen LogP contribution in [0.25, 0.3) is 0 Å². The third-order valence-electron chi connectivity index (χ3n) is 2.73. The smallest absolute Gasteiger partial charge is 0.339 e. The Morgan fingerprint density at radius 3 is 1.89 bits per heavy atom. The van der Waals surface area contributed by atoms with E-state index in [0.717, 1.165) is 25.0 Å². The summed E-state index contributed by atoms with van der Waals surface area (Å²) in [6.07, 6.45) is -2.72. The number of amides is 1. The Hall–Kier alpha value is -1.52. The van der Waals surface area contributed by atoms with Crippen LogP contribution in [-0.4, -0.2) is 23.9 Å². The van der Waals surface area contributed by atoms with Crippen LogP contribution >= 0.6 is 0 Å². The maximum atomic E-state index is 12.4. The van der Waals surface area contributed by atoms with Gasteiger partial charge in [0.1, 0.15) is 0 Å². The lowest BCUT2D eigenvalue weighted by Crippen LogP contribution is -2.32. The van der Waals surface area contributed by atoms with Crippen LogP contribution in [0.15, 0.2) is 24.3 Å². The number of benzene rings is 1. The van der Waals surface area contributed by atoms with E-state index in [0.29, 0.717) is 18.7 Å². The predicted molar refractivity (Wildman–Crippen MR) is 67.9 cm³/mol. The lowest BCUT2D eigenvalue weighted by molar-refractivity contribution is -0.137. The van der Waals surface area contributed by atoms with E-state index in [1.165, 1.54) is 12.1 Å². The number of carbonyl (C=O) groups excluding carboxylic acids is 1. The molecule has 2 nitrogen and oxygen atoms in total. The summed E-state index contributed by atoms with van der Waals surface area (Å²) in [6.45, 7) is 5.16. The van der Waals surface area contributed by atoms with Crippen LogP contribution in [-0.2, 0) is 6.18 Å². The molecule has 106 valence electrons. The van der Waals surface area contributed by atoms with Crippen LogP contribution in [0.5, 0.6) is 0 Å². The van der Waals surface area contributed by atoms with Crippen molar-refractivity contribution < 1.29 is 18.0 Å². The van der Waals surface area contributed by atoms with Gasteiger partial charge in [-0.05, 0) is 37.1 Å². The molecule has 0 fully saturated rings. The average Bonchev–Trinajstić information content (AvgIpc) is 2.37.